The molecule has 3 aromatic carbocycles. The molecule has 0 saturated carbocycles. The zero-order valence-corrected chi connectivity index (χ0v) is 18.1. The van der Waals surface area contributed by atoms with Crippen molar-refractivity contribution in [2.45, 2.75) is 42.0 Å². The standard InChI is InChI=1S/C25H28N2O2S/c1-19-7-10-22(26)17-25(19)21-13-15-27(16-14-21)18-20-8-11-24(12-9-20)30(28,29)23-5-3-2-4-6-23/h2-12,17,21H,13-16,18,26H2,1H3. The van der Waals surface area contributed by atoms with Crippen LogP contribution in [0.2, 0.25) is 0 Å². The molecule has 0 radical (unpaired) electrons. The molecule has 1 aliphatic heterocycles. The molecule has 4 rings (SSSR count). The van der Waals surface area contributed by atoms with Gasteiger partial charge in [-0.25, -0.2) is 8.42 Å². The number of piperidine rings is 1. The smallest absolute Gasteiger partial charge is 0.206 e. The van der Waals surface area contributed by atoms with Crippen molar-refractivity contribution in [1.29, 1.82) is 0 Å². The minimum absolute atomic E-state index is 0.330. The highest BCUT2D eigenvalue weighted by Gasteiger charge is 2.22. The average Bonchev–Trinajstić information content (AvgIpc) is 2.77. The zero-order valence-electron chi connectivity index (χ0n) is 17.3. The molecule has 0 unspecified atom stereocenters. The fourth-order valence-electron chi connectivity index (χ4n) is 4.27. The van der Waals surface area contributed by atoms with Crippen LogP contribution < -0.4 is 5.73 Å². The fourth-order valence-corrected chi connectivity index (χ4v) is 5.55. The third-order valence-corrected chi connectivity index (χ3v) is 7.81. The van der Waals surface area contributed by atoms with E-state index in [4.69, 9.17) is 5.73 Å². The Bertz CT molecular complexity index is 1100. The van der Waals surface area contributed by atoms with Crippen LogP contribution in [0.4, 0.5) is 5.69 Å². The summed E-state index contributed by atoms with van der Waals surface area (Å²) < 4.78 is 25.5. The van der Waals surface area contributed by atoms with Crippen molar-refractivity contribution in [3.05, 3.63) is 89.5 Å². The van der Waals surface area contributed by atoms with E-state index in [1.165, 1.54) is 11.1 Å². The van der Waals surface area contributed by atoms with Crippen LogP contribution in [0, 0.1) is 6.92 Å². The van der Waals surface area contributed by atoms with Gasteiger partial charge in [0.05, 0.1) is 9.79 Å². The summed E-state index contributed by atoms with van der Waals surface area (Å²) in [4.78, 5) is 3.11. The summed E-state index contributed by atoms with van der Waals surface area (Å²) in [5.74, 6) is 0.558. The lowest BCUT2D eigenvalue weighted by Gasteiger charge is -2.33. The van der Waals surface area contributed by atoms with Gasteiger partial charge in [0.2, 0.25) is 9.84 Å². The third-order valence-electron chi connectivity index (χ3n) is 6.02. The highest BCUT2D eigenvalue weighted by atomic mass is 32.2. The second kappa shape index (κ2) is 8.62. The number of hydrogen-bond acceptors (Lipinski definition) is 4. The zero-order chi connectivity index (χ0) is 21.1. The van der Waals surface area contributed by atoms with Crippen molar-refractivity contribution in [2.75, 3.05) is 18.8 Å². The van der Waals surface area contributed by atoms with Gasteiger partial charge in [-0.2, -0.15) is 0 Å². The monoisotopic (exact) mass is 420 g/mol. The molecule has 30 heavy (non-hydrogen) atoms. The second-order valence-electron chi connectivity index (χ2n) is 8.13. The van der Waals surface area contributed by atoms with Crippen LogP contribution in [-0.2, 0) is 16.4 Å². The molecule has 3 aromatic rings. The number of nitrogens with two attached hydrogens (primary N) is 1. The number of sulfone groups is 1. The molecule has 2 N–H and O–H groups in total. The topological polar surface area (TPSA) is 63.4 Å². The molecule has 0 bridgehead atoms. The van der Waals surface area contributed by atoms with E-state index in [0.29, 0.717) is 15.7 Å². The Kier molecular flexibility index (Phi) is 5.93. The van der Waals surface area contributed by atoms with Crippen molar-refractivity contribution in [3.63, 3.8) is 0 Å². The molecule has 5 heteroatoms. The molecule has 0 amide bonds. The molecular weight excluding hydrogens is 392 g/mol. The van der Waals surface area contributed by atoms with Gasteiger partial charge in [-0.15, -0.1) is 0 Å². The first-order valence-corrected chi connectivity index (χ1v) is 11.9. The van der Waals surface area contributed by atoms with Crippen LogP contribution in [0.25, 0.3) is 0 Å². The largest absolute Gasteiger partial charge is 0.399 e. The molecule has 1 heterocycles. The molecule has 0 atom stereocenters. The Hall–Kier alpha value is -2.63. The molecule has 0 aromatic heterocycles. The van der Waals surface area contributed by atoms with Crippen molar-refractivity contribution in [3.8, 4) is 0 Å². The lowest BCUT2D eigenvalue weighted by Crippen LogP contribution is -2.32. The Balaban J connectivity index is 1.39. The van der Waals surface area contributed by atoms with E-state index < -0.39 is 9.84 Å². The number of nitrogens with zero attached hydrogens (tertiary/aromatic N) is 1. The maximum absolute atomic E-state index is 12.7. The summed E-state index contributed by atoms with van der Waals surface area (Å²) in [6.45, 7) is 5.06. The Morgan fingerprint density at radius 1 is 0.900 bits per heavy atom. The maximum atomic E-state index is 12.7. The summed E-state index contributed by atoms with van der Waals surface area (Å²) >= 11 is 0. The first-order valence-electron chi connectivity index (χ1n) is 10.4. The molecule has 1 aliphatic rings. The lowest BCUT2D eigenvalue weighted by atomic mass is 9.86. The van der Waals surface area contributed by atoms with Crippen LogP contribution in [0.5, 0.6) is 0 Å². The predicted octanol–water partition coefficient (Wildman–Crippen LogP) is 4.79. The molecule has 1 saturated heterocycles. The van der Waals surface area contributed by atoms with Gasteiger partial charge in [0.15, 0.2) is 0 Å². The SMILES string of the molecule is Cc1ccc(N)cc1C1CCN(Cc2ccc(S(=O)(=O)c3ccccc3)cc2)CC1. The highest BCUT2D eigenvalue weighted by molar-refractivity contribution is 7.91. The minimum Gasteiger partial charge on any atom is -0.399 e. The molecule has 0 spiro atoms. The number of rotatable bonds is 5. The number of nitrogen functional groups attached to an aromatic ring is 1. The lowest BCUT2D eigenvalue weighted by molar-refractivity contribution is 0.204. The van der Waals surface area contributed by atoms with Gasteiger partial charge in [0.25, 0.3) is 0 Å². The normalized spacial score (nSPS) is 15.9. The fraction of sp³-hybridized carbons (Fsp3) is 0.280. The van der Waals surface area contributed by atoms with Crippen LogP contribution in [0.15, 0.2) is 82.6 Å². The van der Waals surface area contributed by atoms with Crippen molar-refractivity contribution in [1.82, 2.24) is 4.90 Å². The molecule has 1 fully saturated rings. The maximum Gasteiger partial charge on any atom is 0.206 e. The molecular formula is C25H28N2O2S. The molecule has 156 valence electrons. The third kappa shape index (κ3) is 4.42. The van der Waals surface area contributed by atoms with Crippen LogP contribution in [0.3, 0.4) is 0 Å². The van der Waals surface area contributed by atoms with Crippen molar-refractivity contribution in [2.24, 2.45) is 0 Å². The van der Waals surface area contributed by atoms with Gasteiger partial charge >= 0.3 is 0 Å². The second-order valence-corrected chi connectivity index (χ2v) is 10.1. The van der Waals surface area contributed by atoms with E-state index in [9.17, 15) is 8.42 Å². The number of anilines is 1. The Morgan fingerprint density at radius 3 is 2.20 bits per heavy atom. The first kappa shape index (κ1) is 20.6. The summed E-state index contributed by atoms with van der Waals surface area (Å²) in [6.07, 6.45) is 2.23. The number of likely N-dealkylation sites (tertiary alicyclic amines) is 1. The summed E-state index contributed by atoms with van der Waals surface area (Å²) in [7, 11) is -3.46. The number of hydrogen-bond donors (Lipinski definition) is 1. The van der Waals surface area contributed by atoms with E-state index in [1.807, 2.05) is 24.3 Å². The summed E-state index contributed by atoms with van der Waals surface area (Å²) in [6, 6.07) is 22.1. The van der Waals surface area contributed by atoms with E-state index in [-0.39, 0.29) is 0 Å². The number of aryl methyl sites for hydroxylation is 1. The van der Waals surface area contributed by atoms with Crippen LogP contribution >= 0.6 is 0 Å². The van der Waals surface area contributed by atoms with Gasteiger partial charge in [-0.1, -0.05) is 36.4 Å². The molecule has 4 nitrogen and oxygen atoms in total. The first-order chi connectivity index (χ1) is 14.4. The van der Waals surface area contributed by atoms with Gasteiger partial charge in [0, 0.05) is 12.2 Å². The van der Waals surface area contributed by atoms with Crippen LogP contribution in [0.1, 0.15) is 35.4 Å². The summed E-state index contributed by atoms with van der Waals surface area (Å²) in [5, 5.41) is 0. The molecule has 0 aliphatic carbocycles. The quantitative estimate of drug-likeness (QED) is 0.603. The van der Waals surface area contributed by atoms with Crippen LogP contribution in [-0.4, -0.2) is 26.4 Å². The van der Waals surface area contributed by atoms with Gasteiger partial charge < -0.3 is 5.73 Å². The van der Waals surface area contributed by atoms with Crippen molar-refractivity contribution >= 4 is 15.5 Å². The predicted molar refractivity (Wildman–Crippen MR) is 121 cm³/mol. The van der Waals surface area contributed by atoms with Crippen molar-refractivity contribution < 1.29 is 8.42 Å². The average molecular weight is 421 g/mol. The highest BCUT2D eigenvalue weighted by Crippen LogP contribution is 2.32. The summed E-state index contributed by atoms with van der Waals surface area (Å²) in [5.41, 5.74) is 10.7. The van der Waals surface area contributed by atoms with Gasteiger partial charge in [0.1, 0.15) is 0 Å². The van der Waals surface area contributed by atoms with Gasteiger partial charge in [-0.05, 0) is 91.9 Å². The minimum atomic E-state index is -3.46. The van der Waals surface area contributed by atoms with E-state index in [2.05, 4.69) is 24.0 Å². The number of benzene rings is 3. The van der Waals surface area contributed by atoms with Gasteiger partial charge in [-0.3, -0.25) is 4.90 Å². The van der Waals surface area contributed by atoms with E-state index in [0.717, 1.165) is 43.7 Å². The Labute approximate surface area is 179 Å². The van der Waals surface area contributed by atoms with E-state index >= 15 is 0 Å². The van der Waals surface area contributed by atoms with E-state index in [1.54, 1.807) is 36.4 Å². The Morgan fingerprint density at radius 2 is 1.53 bits per heavy atom.